The highest BCUT2D eigenvalue weighted by molar-refractivity contribution is 5.60. The van der Waals surface area contributed by atoms with Crippen LogP contribution in [0.15, 0.2) is 12.1 Å². The van der Waals surface area contributed by atoms with Gasteiger partial charge in [0, 0.05) is 6.54 Å². The van der Waals surface area contributed by atoms with E-state index in [-0.39, 0.29) is 5.41 Å². The Kier molecular flexibility index (Phi) is 3.44. The average molecular weight is 246 g/mol. The van der Waals surface area contributed by atoms with Crippen LogP contribution < -0.4 is 10.1 Å². The monoisotopic (exact) mass is 246 g/mol. The fourth-order valence-corrected chi connectivity index (χ4v) is 1.92. The molecule has 1 aliphatic rings. The Morgan fingerprint density at radius 3 is 2.56 bits per heavy atom. The molecule has 0 aromatic heterocycles. The topological polar surface area (TPSA) is 54.3 Å². The molecule has 1 aliphatic heterocycles. The van der Waals surface area contributed by atoms with E-state index in [2.05, 4.69) is 31.3 Å². The van der Waals surface area contributed by atoms with Gasteiger partial charge in [-0.2, -0.15) is 5.26 Å². The quantitative estimate of drug-likeness (QED) is 0.885. The van der Waals surface area contributed by atoms with E-state index in [1.54, 1.807) is 7.11 Å². The molecule has 2 rings (SSSR count). The van der Waals surface area contributed by atoms with Gasteiger partial charge < -0.3 is 14.8 Å². The lowest BCUT2D eigenvalue weighted by molar-refractivity contribution is -0.0690. The lowest BCUT2D eigenvalue weighted by atomic mass is 9.88. The van der Waals surface area contributed by atoms with E-state index in [0.717, 1.165) is 11.4 Å². The maximum Gasteiger partial charge on any atom is 0.142 e. The van der Waals surface area contributed by atoms with Crippen LogP contribution >= 0.6 is 0 Å². The van der Waals surface area contributed by atoms with Crippen LogP contribution in [0.2, 0.25) is 0 Å². The molecular formula is C14H18N2O2. The minimum absolute atomic E-state index is 0.385. The van der Waals surface area contributed by atoms with Gasteiger partial charge in [0.1, 0.15) is 11.2 Å². The zero-order valence-corrected chi connectivity index (χ0v) is 11.0. The van der Waals surface area contributed by atoms with Crippen molar-refractivity contribution in [3.05, 3.63) is 23.3 Å². The summed E-state index contributed by atoms with van der Waals surface area (Å²) in [5.74, 6) is 0.812. The minimum Gasteiger partial charge on any atom is -0.495 e. The van der Waals surface area contributed by atoms with E-state index < -0.39 is 0 Å². The van der Waals surface area contributed by atoms with Gasteiger partial charge in [-0.1, -0.05) is 0 Å². The number of aryl methyl sites for hydroxylation is 2. The van der Waals surface area contributed by atoms with E-state index in [9.17, 15) is 0 Å². The third kappa shape index (κ3) is 2.27. The highest BCUT2D eigenvalue weighted by Crippen LogP contribution is 2.31. The fraction of sp³-hybridized carbons (Fsp3) is 0.500. The summed E-state index contributed by atoms with van der Waals surface area (Å²) in [7, 11) is 1.65. The second-order valence-electron chi connectivity index (χ2n) is 4.88. The lowest BCUT2D eigenvalue weighted by Crippen LogP contribution is -2.46. The Morgan fingerprint density at radius 1 is 1.39 bits per heavy atom. The van der Waals surface area contributed by atoms with Crippen molar-refractivity contribution in [3.63, 3.8) is 0 Å². The van der Waals surface area contributed by atoms with Crippen LogP contribution in [0.25, 0.3) is 0 Å². The van der Waals surface area contributed by atoms with E-state index in [0.29, 0.717) is 19.8 Å². The van der Waals surface area contributed by atoms with E-state index >= 15 is 0 Å². The smallest absolute Gasteiger partial charge is 0.142 e. The molecule has 1 aromatic carbocycles. The van der Waals surface area contributed by atoms with Gasteiger partial charge in [-0.05, 0) is 37.1 Å². The maximum atomic E-state index is 9.14. The summed E-state index contributed by atoms with van der Waals surface area (Å²) in [5.41, 5.74) is 2.94. The molecular weight excluding hydrogens is 228 g/mol. The van der Waals surface area contributed by atoms with Gasteiger partial charge in [-0.3, -0.25) is 0 Å². The standard InChI is InChI=1S/C14H18N2O2/c1-10-4-12(13(17-3)5-11(10)2)16-7-14(6-15)8-18-9-14/h4-5,16H,7-9H2,1-3H3. The number of ether oxygens (including phenoxy) is 2. The number of hydrogen-bond donors (Lipinski definition) is 1. The Labute approximate surface area is 108 Å². The van der Waals surface area contributed by atoms with Crippen LogP contribution in [0.4, 0.5) is 5.69 Å². The van der Waals surface area contributed by atoms with Crippen molar-refractivity contribution < 1.29 is 9.47 Å². The molecule has 1 N–H and O–H groups in total. The normalized spacial score (nSPS) is 16.6. The third-order valence-corrected chi connectivity index (χ3v) is 3.43. The summed E-state index contributed by atoms with van der Waals surface area (Å²) in [4.78, 5) is 0. The molecule has 0 atom stereocenters. The first-order chi connectivity index (χ1) is 8.60. The highest BCUT2D eigenvalue weighted by Gasteiger charge is 2.38. The molecule has 1 aromatic rings. The van der Waals surface area contributed by atoms with E-state index in [1.807, 2.05) is 6.07 Å². The van der Waals surface area contributed by atoms with Gasteiger partial charge in [0.25, 0.3) is 0 Å². The number of nitrogens with one attached hydrogen (secondary N) is 1. The first-order valence-electron chi connectivity index (χ1n) is 5.98. The molecule has 4 nitrogen and oxygen atoms in total. The summed E-state index contributed by atoms with van der Waals surface area (Å²) >= 11 is 0. The van der Waals surface area contributed by atoms with Crippen LogP contribution in [-0.2, 0) is 4.74 Å². The second-order valence-corrected chi connectivity index (χ2v) is 4.88. The summed E-state index contributed by atoms with van der Waals surface area (Å²) < 4.78 is 10.5. The molecule has 0 bridgehead atoms. The largest absolute Gasteiger partial charge is 0.495 e. The second kappa shape index (κ2) is 4.87. The Hall–Kier alpha value is -1.73. The summed E-state index contributed by atoms with van der Waals surface area (Å²) in [6.45, 7) is 5.71. The fourth-order valence-electron chi connectivity index (χ4n) is 1.92. The molecule has 0 unspecified atom stereocenters. The van der Waals surface area contributed by atoms with Crippen LogP contribution in [0.5, 0.6) is 5.75 Å². The van der Waals surface area contributed by atoms with Crippen molar-refractivity contribution in [1.29, 1.82) is 5.26 Å². The Bertz CT molecular complexity index is 487. The third-order valence-electron chi connectivity index (χ3n) is 3.43. The number of benzene rings is 1. The zero-order chi connectivity index (χ0) is 13.2. The first-order valence-corrected chi connectivity index (χ1v) is 5.98. The lowest BCUT2D eigenvalue weighted by Gasteiger charge is -2.35. The molecule has 0 aliphatic carbocycles. The van der Waals surface area contributed by atoms with Gasteiger partial charge in [0.05, 0.1) is 32.1 Å². The molecule has 4 heteroatoms. The molecule has 0 radical (unpaired) electrons. The van der Waals surface area contributed by atoms with E-state index in [1.165, 1.54) is 11.1 Å². The Balaban J connectivity index is 2.14. The molecule has 96 valence electrons. The number of rotatable bonds is 4. The van der Waals surface area contributed by atoms with Crippen molar-refractivity contribution in [2.45, 2.75) is 13.8 Å². The maximum absolute atomic E-state index is 9.14. The molecule has 0 spiro atoms. The van der Waals surface area contributed by atoms with Crippen molar-refractivity contribution in [2.75, 3.05) is 32.2 Å². The number of anilines is 1. The summed E-state index contributed by atoms with van der Waals surface area (Å²) in [6, 6.07) is 6.38. The highest BCUT2D eigenvalue weighted by atomic mass is 16.5. The molecule has 1 saturated heterocycles. The van der Waals surface area contributed by atoms with Gasteiger partial charge in [-0.15, -0.1) is 0 Å². The first kappa shape index (κ1) is 12.7. The number of nitrogens with zero attached hydrogens (tertiary/aromatic N) is 1. The van der Waals surface area contributed by atoms with Crippen molar-refractivity contribution in [2.24, 2.45) is 5.41 Å². The average Bonchev–Trinajstić information content (AvgIpc) is 2.32. The molecule has 1 fully saturated rings. The van der Waals surface area contributed by atoms with E-state index in [4.69, 9.17) is 14.7 Å². The predicted octanol–water partition coefficient (Wildman–Crippen LogP) is 2.26. The summed E-state index contributed by atoms with van der Waals surface area (Å²) in [6.07, 6.45) is 0. The van der Waals surface area contributed by atoms with Crippen LogP contribution in [0.3, 0.4) is 0 Å². The molecule has 18 heavy (non-hydrogen) atoms. The number of nitriles is 1. The predicted molar refractivity (Wildman–Crippen MR) is 69.8 cm³/mol. The molecule has 0 saturated carbocycles. The Morgan fingerprint density at radius 2 is 2.06 bits per heavy atom. The SMILES string of the molecule is COc1cc(C)c(C)cc1NCC1(C#N)COC1. The van der Waals surface area contributed by atoms with Crippen molar-refractivity contribution in [1.82, 2.24) is 0 Å². The minimum atomic E-state index is -0.385. The molecule has 1 heterocycles. The molecule has 0 amide bonds. The van der Waals surface area contributed by atoms with Gasteiger partial charge in [-0.25, -0.2) is 0 Å². The number of hydrogen-bond acceptors (Lipinski definition) is 4. The van der Waals surface area contributed by atoms with Crippen LogP contribution in [-0.4, -0.2) is 26.9 Å². The van der Waals surface area contributed by atoms with Crippen LogP contribution in [0, 0.1) is 30.6 Å². The van der Waals surface area contributed by atoms with Crippen LogP contribution in [0.1, 0.15) is 11.1 Å². The summed E-state index contributed by atoms with van der Waals surface area (Å²) in [5, 5.41) is 12.4. The van der Waals surface area contributed by atoms with Crippen molar-refractivity contribution >= 4 is 5.69 Å². The van der Waals surface area contributed by atoms with Gasteiger partial charge in [0.15, 0.2) is 0 Å². The van der Waals surface area contributed by atoms with Crippen molar-refractivity contribution in [3.8, 4) is 11.8 Å². The number of methoxy groups -OCH3 is 1. The zero-order valence-electron chi connectivity index (χ0n) is 11.0. The van der Waals surface area contributed by atoms with Gasteiger partial charge >= 0.3 is 0 Å². The van der Waals surface area contributed by atoms with Gasteiger partial charge in [0.2, 0.25) is 0 Å².